The molecule has 0 aliphatic rings. The smallest absolute Gasteiger partial charge is 0.191 e. The maximum atomic E-state index is 11.2. The SMILES string of the molecule is CN=C(NCC(C)c1ccc(C)cc1)NC(C)CCS(C)(=O)=O. The Morgan fingerprint density at radius 3 is 2.35 bits per heavy atom. The van der Waals surface area contributed by atoms with E-state index in [0.717, 1.165) is 6.54 Å². The van der Waals surface area contributed by atoms with Crippen LogP contribution >= 0.6 is 0 Å². The van der Waals surface area contributed by atoms with Crippen LogP contribution in [0.3, 0.4) is 0 Å². The van der Waals surface area contributed by atoms with Gasteiger partial charge in [-0.25, -0.2) is 8.42 Å². The molecule has 6 heteroatoms. The number of hydrogen-bond donors (Lipinski definition) is 2. The summed E-state index contributed by atoms with van der Waals surface area (Å²) >= 11 is 0. The van der Waals surface area contributed by atoms with Gasteiger partial charge in [0.05, 0.1) is 5.75 Å². The molecule has 2 N–H and O–H groups in total. The van der Waals surface area contributed by atoms with E-state index in [-0.39, 0.29) is 11.8 Å². The Bertz CT molecular complexity index is 609. The van der Waals surface area contributed by atoms with Crippen LogP contribution in [-0.2, 0) is 9.84 Å². The molecule has 0 bridgehead atoms. The van der Waals surface area contributed by atoms with Gasteiger partial charge in [-0.15, -0.1) is 0 Å². The van der Waals surface area contributed by atoms with Crippen molar-refractivity contribution in [3.8, 4) is 0 Å². The van der Waals surface area contributed by atoms with Gasteiger partial charge in [-0.3, -0.25) is 4.99 Å². The van der Waals surface area contributed by atoms with Crippen LogP contribution in [0.5, 0.6) is 0 Å². The van der Waals surface area contributed by atoms with Crippen LogP contribution in [0.4, 0.5) is 0 Å². The number of benzene rings is 1. The van der Waals surface area contributed by atoms with Gasteiger partial charge in [-0.2, -0.15) is 0 Å². The summed E-state index contributed by atoms with van der Waals surface area (Å²) in [6.07, 6.45) is 1.82. The van der Waals surface area contributed by atoms with E-state index in [0.29, 0.717) is 18.3 Å². The number of hydrogen-bond acceptors (Lipinski definition) is 3. The minimum absolute atomic E-state index is 0.0469. The lowest BCUT2D eigenvalue weighted by Crippen LogP contribution is -2.43. The quantitative estimate of drug-likeness (QED) is 0.589. The Hall–Kier alpha value is -1.56. The standard InChI is InChI=1S/C17H29N3O2S/c1-13-6-8-16(9-7-13)14(2)12-19-17(18-4)20-15(3)10-11-23(5,21)22/h6-9,14-15H,10-12H2,1-5H3,(H2,18,19,20). The second-order valence-corrected chi connectivity index (χ2v) is 8.49. The van der Waals surface area contributed by atoms with Crippen LogP contribution in [0.25, 0.3) is 0 Å². The first-order chi connectivity index (χ1) is 10.7. The second kappa shape index (κ2) is 8.91. The third-order valence-electron chi connectivity index (χ3n) is 3.75. The molecule has 23 heavy (non-hydrogen) atoms. The lowest BCUT2D eigenvalue weighted by atomic mass is 10.0. The zero-order chi connectivity index (χ0) is 17.5. The van der Waals surface area contributed by atoms with Gasteiger partial charge in [-0.05, 0) is 31.7 Å². The highest BCUT2D eigenvalue weighted by molar-refractivity contribution is 7.90. The van der Waals surface area contributed by atoms with E-state index in [4.69, 9.17) is 0 Å². The Morgan fingerprint density at radius 1 is 1.22 bits per heavy atom. The lowest BCUT2D eigenvalue weighted by molar-refractivity contribution is 0.579. The highest BCUT2D eigenvalue weighted by Crippen LogP contribution is 2.14. The summed E-state index contributed by atoms with van der Waals surface area (Å²) in [5.41, 5.74) is 2.54. The minimum atomic E-state index is -2.93. The Balaban J connectivity index is 2.46. The first kappa shape index (κ1) is 19.5. The van der Waals surface area contributed by atoms with Gasteiger partial charge < -0.3 is 10.6 Å². The molecule has 1 aromatic carbocycles. The van der Waals surface area contributed by atoms with E-state index in [1.165, 1.54) is 17.4 Å². The van der Waals surface area contributed by atoms with Crippen molar-refractivity contribution in [1.82, 2.24) is 10.6 Å². The first-order valence-corrected chi connectivity index (χ1v) is 9.99. The molecule has 0 heterocycles. The fourth-order valence-corrected chi connectivity index (χ4v) is 2.94. The van der Waals surface area contributed by atoms with Gasteiger partial charge in [0.25, 0.3) is 0 Å². The molecule has 2 unspecified atom stereocenters. The predicted molar refractivity (Wildman–Crippen MR) is 97.9 cm³/mol. The number of nitrogens with zero attached hydrogens (tertiary/aromatic N) is 1. The molecule has 0 aliphatic carbocycles. The zero-order valence-electron chi connectivity index (χ0n) is 14.8. The van der Waals surface area contributed by atoms with E-state index in [2.05, 4.69) is 53.7 Å². The largest absolute Gasteiger partial charge is 0.356 e. The van der Waals surface area contributed by atoms with Gasteiger partial charge >= 0.3 is 0 Å². The lowest BCUT2D eigenvalue weighted by Gasteiger charge is -2.20. The number of nitrogens with one attached hydrogen (secondary N) is 2. The van der Waals surface area contributed by atoms with Crippen molar-refractivity contribution in [3.63, 3.8) is 0 Å². The Labute approximate surface area is 140 Å². The summed E-state index contributed by atoms with van der Waals surface area (Å²) in [6, 6.07) is 8.57. The molecule has 5 nitrogen and oxygen atoms in total. The summed E-state index contributed by atoms with van der Waals surface area (Å²) in [7, 11) is -1.21. The molecule has 0 amide bonds. The van der Waals surface area contributed by atoms with E-state index in [1.54, 1.807) is 7.05 Å². The normalized spacial score (nSPS) is 15.1. The highest BCUT2D eigenvalue weighted by atomic mass is 32.2. The van der Waals surface area contributed by atoms with Gasteiger partial charge in [0.15, 0.2) is 5.96 Å². The average molecular weight is 340 g/mol. The van der Waals surface area contributed by atoms with Gasteiger partial charge in [0, 0.05) is 25.9 Å². The maximum Gasteiger partial charge on any atom is 0.191 e. The molecule has 0 saturated carbocycles. The van der Waals surface area contributed by atoms with Crippen LogP contribution in [0.2, 0.25) is 0 Å². The first-order valence-electron chi connectivity index (χ1n) is 7.92. The summed E-state index contributed by atoms with van der Waals surface area (Å²) in [4.78, 5) is 4.20. The van der Waals surface area contributed by atoms with Crippen molar-refractivity contribution in [3.05, 3.63) is 35.4 Å². The third kappa shape index (κ3) is 8.02. The highest BCUT2D eigenvalue weighted by Gasteiger charge is 2.11. The molecule has 0 saturated heterocycles. The fourth-order valence-electron chi connectivity index (χ4n) is 2.15. The average Bonchev–Trinajstić information content (AvgIpc) is 2.49. The Kier molecular flexibility index (Phi) is 7.55. The second-order valence-electron chi connectivity index (χ2n) is 6.23. The number of aryl methyl sites for hydroxylation is 1. The molecular weight excluding hydrogens is 310 g/mol. The molecule has 130 valence electrons. The van der Waals surface area contributed by atoms with Crippen LogP contribution in [0.15, 0.2) is 29.3 Å². The van der Waals surface area contributed by atoms with Crippen molar-refractivity contribution >= 4 is 15.8 Å². The number of aliphatic imine (C=N–C) groups is 1. The van der Waals surface area contributed by atoms with Crippen molar-refractivity contribution in [2.45, 2.75) is 39.2 Å². The van der Waals surface area contributed by atoms with E-state index >= 15 is 0 Å². The van der Waals surface area contributed by atoms with Crippen LogP contribution in [0, 0.1) is 6.92 Å². The minimum Gasteiger partial charge on any atom is -0.356 e. The molecule has 1 rings (SSSR count). The summed E-state index contributed by atoms with van der Waals surface area (Å²) in [5.74, 6) is 1.24. The molecule has 0 spiro atoms. The summed E-state index contributed by atoms with van der Waals surface area (Å²) in [6.45, 7) is 6.97. The topological polar surface area (TPSA) is 70.6 Å². The molecule has 1 aromatic rings. The maximum absolute atomic E-state index is 11.2. The summed E-state index contributed by atoms with van der Waals surface area (Å²) < 4.78 is 22.4. The van der Waals surface area contributed by atoms with Crippen LogP contribution < -0.4 is 10.6 Å². The molecule has 0 fully saturated rings. The third-order valence-corrected chi connectivity index (χ3v) is 4.73. The fraction of sp³-hybridized carbons (Fsp3) is 0.588. The van der Waals surface area contributed by atoms with E-state index in [9.17, 15) is 8.42 Å². The number of guanidine groups is 1. The summed E-state index contributed by atoms with van der Waals surface area (Å²) in [5, 5.41) is 6.53. The monoisotopic (exact) mass is 339 g/mol. The predicted octanol–water partition coefficient (Wildman–Crippen LogP) is 2.09. The van der Waals surface area contributed by atoms with Crippen molar-refractivity contribution in [1.29, 1.82) is 0 Å². The zero-order valence-corrected chi connectivity index (χ0v) is 15.6. The molecule has 0 aromatic heterocycles. The van der Waals surface area contributed by atoms with Crippen molar-refractivity contribution in [2.75, 3.05) is 25.6 Å². The van der Waals surface area contributed by atoms with Gasteiger partial charge in [-0.1, -0.05) is 36.8 Å². The number of sulfone groups is 1. The molecular formula is C17H29N3O2S. The van der Waals surface area contributed by atoms with Gasteiger partial charge in [0.1, 0.15) is 9.84 Å². The van der Waals surface area contributed by atoms with Crippen LogP contribution in [-0.4, -0.2) is 46.0 Å². The molecule has 0 aliphatic heterocycles. The molecule has 0 radical (unpaired) electrons. The van der Waals surface area contributed by atoms with E-state index in [1.807, 2.05) is 6.92 Å². The number of rotatable bonds is 7. The van der Waals surface area contributed by atoms with Crippen LogP contribution in [0.1, 0.15) is 37.3 Å². The van der Waals surface area contributed by atoms with E-state index < -0.39 is 9.84 Å². The van der Waals surface area contributed by atoms with Crippen molar-refractivity contribution in [2.24, 2.45) is 4.99 Å². The van der Waals surface area contributed by atoms with Crippen molar-refractivity contribution < 1.29 is 8.42 Å². The molecule has 2 atom stereocenters. The Morgan fingerprint density at radius 2 is 1.83 bits per heavy atom. The van der Waals surface area contributed by atoms with Gasteiger partial charge in [0.2, 0.25) is 0 Å².